The third-order valence-corrected chi connectivity index (χ3v) is 3.28. The molecule has 1 aromatic heterocycles. The fourth-order valence-corrected chi connectivity index (χ4v) is 2.13. The van der Waals surface area contributed by atoms with Crippen LogP contribution in [0.1, 0.15) is 19.3 Å². The Bertz CT molecular complexity index is 586. The normalized spacial score (nSPS) is 14.9. The molecule has 94 valence electrons. The molecule has 1 aliphatic carbocycles. The van der Waals surface area contributed by atoms with E-state index in [0.29, 0.717) is 24.4 Å². The first-order chi connectivity index (χ1) is 8.74. The second-order valence-electron chi connectivity index (χ2n) is 4.77. The number of nitrogens with zero attached hydrogens (tertiary/aromatic N) is 1. The lowest BCUT2D eigenvalue weighted by atomic mass is 10.2. The molecule has 1 aromatic carbocycles. The van der Waals surface area contributed by atoms with Gasteiger partial charge in [0.2, 0.25) is 5.91 Å². The minimum atomic E-state index is -0.214. The smallest absolute Gasteiger partial charge is 0.222 e. The van der Waals surface area contributed by atoms with Crippen LogP contribution < -0.4 is 5.32 Å². The van der Waals surface area contributed by atoms with Gasteiger partial charge in [0.05, 0.1) is 5.52 Å². The standard InChI is InChI=1S/C14H15FN2O/c15-12-2-1-3-13-11(12)6-8-17(13)9-7-14(18)16-10-4-5-10/h1-3,6,8,10H,4-5,7,9H2,(H,16,18). The molecule has 1 N–H and O–H groups in total. The first-order valence-corrected chi connectivity index (χ1v) is 6.27. The minimum Gasteiger partial charge on any atom is -0.353 e. The van der Waals surface area contributed by atoms with Crippen LogP contribution in [0, 0.1) is 5.82 Å². The predicted octanol–water partition coefficient (Wildman–Crippen LogP) is 2.45. The van der Waals surface area contributed by atoms with Gasteiger partial charge in [-0.2, -0.15) is 0 Å². The topological polar surface area (TPSA) is 34.0 Å². The van der Waals surface area contributed by atoms with Crippen LogP contribution in [-0.2, 0) is 11.3 Å². The van der Waals surface area contributed by atoms with Crippen molar-refractivity contribution in [1.29, 1.82) is 0 Å². The Kier molecular flexibility index (Phi) is 2.78. The number of carbonyl (C=O) groups excluding carboxylic acids is 1. The van der Waals surface area contributed by atoms with Gasteiger partial charge < -0.3 is 9.88 Å². The molecule has 1 saturated carbocycles. The number of amides is 1. The predicted molar refractivity (Wildman–Crippen MR) is 67.7 cm³/mol. The number of hydrogen-bond acceptors (Lipinski definition) is 1. The van der Waals surface area contributed by atoms with E-state index in [1.165, 1.54) is 6.07 Å². The zero-order valence-electron chi connectivity index (χ0n) is 10.0. The van der Waals surface area contributed by atoms with Crippen LogP contribution >= 0.6 is 0 Å². The number of benzene rings is 1. The monoisotopic (exact) mass is 246 g/mol. The maximum atomic E-state index is 13.5. The van der Waals surface area contributed by atoms with Crippen molar-refractivity contribution in [3.05, 3.63) is 36.3 Å². The average Bonchev–Trinajstić information content (AvgIpc) is 3.06. The van der Waals surface area contributed by atoms with E-state index in [0.717, 1.165) is 18.4 Å². The number of hydrogen-bond donors (Lipinski definition) is 1. The molecule has 3 nitrogen and oxygen atoms in total. The van der Waals surface area contributed by atoms with Crippen molar-refractivity contribution >= 4 is 16.8 Å². The Hall–Kier alpha value is -1.84. The summed E-state index contributed by atoms with van der Waals surface area (Å²) in [6.07, 6.45) is 4.47. The van der Waals surface area contributed by atoms with Gasteiger partial charge in [-0.1, -0.05) is 6.07 Å². The van der Waals surface area contributed by atoms with Crippen molar-refractivity contribution in [2.75, 3.05) is 0 Å². The summed E-state index contributed by atoms with van der Waals surface area (Å²) in [6.45, 7) is 0.589. The van der Waals surface area contributed by atoms with Crippen molar-refractivity contribution < 1.29 is 9.18 Å². The van der Waals surface area contributed by atoms with Crippen molar-refractivity contribution in [2.45, 2.75) is 31.8 Å². The lowest BCUT2D eigenvalue weighted by Gasteiger charge is -2.06. The van der Waals surface area contributed by atoms with Gasteiger partial charge in [-0.3, -0.25) is 4.79 Å². The zero-order chi connectivity index (χ0) is 12.5. The third kappa shape index (κ3) is 2.23. The Morgan fingerprint density at radius 2 is 2.22 bits per heavy atom. The molecule has 2 aromatic rings. The number of nitrogens with one attached hydrogen (secondary N) is 1. The molecular formula is C14H15FN2O. The molecule has 0 bridgehead atoms. The lowest BCUT2D eigenvalue weighted by molar-refractivity contribution is -0.121. The average molecular weight is 246 g/mol. The molecule has 0 radical (unpaired) electrons. The van der Waals surface area contributed by atoms with Crippen molar-refractivity contribution in [3.63, 3.8) is 0 Å². The summed E-state index contributed by atoms with van der Waals surface area (Å²) in [5.74, 6) is -0.135. The largest absolute Gasteiger partial charge is 0.353 e. The second kappa shape index (κ2) is 4.44. The lowest BCUT2D eigenvalue weighted by Crippen LogP contribution is -2.26. The zero-order valence-corrected chi connectivity index (χ0v) is 10.0. The Morgan fingerprint density at radius 1 is 1.39 bits per heavy atom. The SMILES string of the molecule is O=C(CCn1ccc2c(F)cccc21)NC1CC1. The number of halogens is 1. The van der Waals surface area contributed by atoms with E-state index in [-0.39, 0.29) is 11.7 Å². The molecule has 0 unspecified atom stereocenters. The summed E-state index contributed by atoms with van der Waals surface area (Å²) in [5, 5.41) is 3.56. The second-order valence-corrected chi connectivity index (χ2v) is 4.77. The molecule has 0 spiro atoms. The maximum absolute atomic E-state index is 13.5. The number of rotatable bonds is 4. The summed E-state index contributed by atoms with van der Waals surface area (Å²) in [4.78, 5) is 11.6. The highest BCUT2D eigenvalue weighted by molar-refractivity contribution is 5.81. The van der Waals surface area contributed by atoms with Gasteiger partial charge in [0.1, 0.15) is 5.82 Å². The van der Waals surface area contributed by atoms with Crippen LogP contribution in [0.4, 0.5) is 4.39 Å². The third-order valence-electron chi connectivity index (χ3n) is 3.28. The van der Waals surface area contributed by atoms with Crippen molar-refractivity contribution in [2.24, 2.45) is 0 Å². The summed E-state index contributed by atoms with van der Waals surface area (Å²) in [7, 11) is 0. The molecule has 3 rings (SSSR count). The fraction of sp³-hybridized carbons (Fsp3) is 0.357. The molecular weight excluding hydrogens is 231 g/mol. The first kappa shape index (κ1) is 11.3. The van der Waals surface area contributed by atoms with Crippen molar-refractivity contribution in [1.82, 2.24) is 9.88 Å². The maximum Gasteiger partial charge on any atom is 0.222 e. The van der Waals surface area contributed by atoms with Gasteiger partial charge in [-0.15, -0.1) is 0 Å². The molecule has 0 aliphatic heterocycles. The quantitative estimate of drug-likeness (QED) is 0.883. The number of aromatic nitrogens is 1. The van der Waals surface area contributed by atoms with E-state index in [4.69, 9.17) is 0 Å². The van der Waals surface area contributed by atoms with Gasteiger partial charge in [-0.05, 0) is 31.0 Å². The summed E-state index contributed by atoms with van der Waals surface area (Å²) in [6, 6.07) is 7.17. The van der Waals surface area contributed by atoms with Crippen molar-refractivity contribution in [3.8, 4) is 0 Å². The van der Waals surface area contributed by atoms with Gasteiger partial charge in [-0.25, -0.2) is 4.39 Å². The summed E-state index contributed by atoms with van der Waals surface area (Å²) in [5.41, 5.74) is 0.842. The highest BCUT2D eigenvalue weighted by Gasteiger charge is 2.22. The van der Waals surface area contributed by atoms with Gasteiger partial charge >= 0.3 is 0 Å². The molecule has 1 fully saturated rings. The fourth-order valence-electron chi connectivity index (χ4n) is 2.13. The van der Waals surface area contributed by atoms with Crippen LogP contribution in [0.5, 0.6) is 0 Å². The minimum absolute atomic E-state index is 0.0794. The van der Waals surface area contributed by atoms with E-state index in [1.54, 1.807) is 12.1 Å². The first-order valence-electron chi connectivity index (χ1n) is 6.27. The Morgan fingerprint density at radius 3 is 3.00 bits per heavy atom. The van der Waals surface area contributed by atoms with E-state index < -0.39 is 0 Å². The molecule has 1 aliphatic rings. The molecule has 1 amide bonds. The number of fused-ring (bicyclic) bond motifs is 1. The van der Waals surface area contributed by atoms with E-state index in [2.05, 4.69) is 5.32 Å². The van der Waals surface area contributed by atoms with E-state index in [9.17, 15) is 9.18 Å². The summed E-state index contributed by atoms with van der Waals surface area (Å²) < 4.78 is 15.4. The molecule has 18 heavy (non-hydrogen) atoms. The van der Waals surface area contributed by atoms with E-state index in [1.807, 2.05) is 16.8 Å². The number of aryl methyl sites for hydroxylation is 1. The Balaban J connectivity index is 1.70. The van der Waals surface area contributed by atoms with Crippen LogP contribution in [0.15, 0.2) is 30.5 Å². The van der Waals surface area contributed by atoms with Crippen LogP contribution in [0.2, 0.25) is 0 Å². The molecule has 1 heterocycles. The molecule has 0 atom stereocenters. The Labute approximate surface area is 105 Å². The summed E-state index contributed by atoms with van der Waals surface area (Å²) >= 11 is 0. The van der Waals surface area contributed by atoms with Gasteiger partial charge in [0.15, 0.2) is 0 Å². The van der Waals surface area contributed by atoms with Crippen LogP contribution in [0.25, 0.3) is 10.9 Å². The highest BCUT2D eigenvalue weighted by atomic mass is 19.1. The van der Waals surface area contributed by atoms with Gasteiger partial charge in [0.25, 0.3) is 0 Å². The number of carbonyl (C=O) groups is 1. The molecule has 4 heteroatoms. The van der Waals surface area contributed by atoms with Gasteiger partial charge in [0, 0.05) is 30.6 Å². The van der Waals surface area contributed by atoms with Crippen LogP contribution in [0.3, 0.4) is 0 Å². The molecule has 0 saturated heterocycles. The highest BCUT2D eigenvalue weighted by Crippen LogP contribution is 2.20. The van der Waals surface area contributed by atoms with Crippen LogP contribution in [-0.4, -0.2) is 16.5 Å². The van der Waals surface area contributed by atoms with E-state index >= 15 is 0 Å².